The zero-order valence-electron chi connectivity index (χ0n) is 14.0. The number of carbonyl (C=O) groups is 1. The zero-order chi connectivity index (χ0) is 19.1. The number of hydrogen-bond donors (Lipinski definition) is 2. The van der Waals surface area contributed by atoms with Gasteiger partial charge in [0.2, 0.25) is 5.43 Å². The number of hydrazine groups is 1. The highest BCUT2D eigenvalue weighted by Crippen LogP contribution is 2.34. The molecule has 1 aromatic carbocycles. The minimum Gasteiger partial charge on any atom is -0.357 e. The highest BCUT2D eigenvalue weighted by Gasteiger charge is 2.34. The van der Waals surface area contributed by atoms with Crippen molar-refractivity contribution < 1.29 is 18.0 Å². The first-order valence-electron chi connectivity index (χ1n) is 7.82. The zero-order valence-corrected chi connectivity index (χ0v) is 14.8. The largest absolute Gasteiger partial charge is 0.418 e. The number of benzene rings is 1. The number of para-hydroxylation sites is 1. The van der Waals surface area contributed by atoms with Gasteiger partial charge in [-0.15, -0.1) is 11.8 Å². The summed E-state index contributed by atoms with van der Waals surface area (Å²) in [7, 11) is 0. The van der Waals surface area contributed by atoms with Gasteiger partial charge in [-0.2, -0.15) is 13.2 Å². The van der Waals surface area contributed by atoms with Gasteiger partial charge in [-0.25, -0.2) is 0 Å². The Morgan fingerprint density at radius 3 is 2.65 bits per heavy atom. The highest BCUT2D eigenvalue weighted by molar-refractivity contribution is 8.02. The lowest BCUT2D eigenvalue weighted by molar-refractivity contribution is -0.136. The number of nitrogens with one attached hydrogen (secondary N) is 2. The highest BCUT2D eigenvalue weighted by atomic mass is 32.2. The molecule has 26 heavy (non-hydrogen) atoms. The topological polar surface area (TPSA) is 65.2 Å². The van der Waals surface area contributed by atoms with E-state index in [2.05, 4.69) is 10.4 Å². The Hall–Kier alpha value is -2.42. The molecule has 2 heterocycles. The molecule has 1 amide bonds. The van der Waals surface area contributed by atoms with Gasteiger partial charge in [0.15, 0.2) is 0 Å². The normalized spacial score (nSPS) is 14.5. The summed E-state index contributed by atoms with van der Waals surface area (Å²) in [4.78, 5) is 28.2. The molecule has 5 nitrogen and oxygen atoms in total. The number of aromatic amines is 1. The van der Waals surface area contributed by atoms with Crippen molar-refractivity contribution in [2.24, 2.45) is 0 Å². The van der Waals surface area contributed by atoms with Crippen molar-refractivity contribution in [2.75, 3.05) is 5.88 Å². The number of nitrogens with zero attached hydrogens (tertiary/aromatic N) is 1. The maximum absolute atomic E-state index is 13.3. The van der Waals surface area contributed by atoms with Gasteiger partial charge in [-0.1, -0.05) is 19.9 Å². The van der Waals surface area contributed by atoms with Crippen molar-refractivity contribution in [1.82, 2.24) is 15.4 Å². The van der Waals surface area contributed by atoms with E-state index in [0.29, 0.717) is 5.88 Å². The van der Waals surface area contributed by atoms with Gasteiger partial charge in [-0.3, -0.25) is 20.0 Å². The second-order valence-electron chi connectivity index (χ2n) is 6.12. The molecule has 0 saturated heterocycles. The minimum absolute atomic E-state index is 0.166. The number of thioether (sulfide) groups is 1. The Morgan fingerprint density at radius 2 is 2.08 bits per heavy atom. The van der Waals surface area contributed by atoms with Gasteiger partial charge in [0.25, 0.3) is 5.91 Å². The molecule has 1 aliphatic heterocycles. The summed E-state index contributed by atoms with van der Waals surface area (Å²) >= 11 is 1.46. The SMILES string of the molecule is CC(C)c1[nH]c2c(C(F)(F)F)cccc2c(=O)c1C(=O)NN1C=CSC1. The molecule has 9 heteroatoms. The van der Waals surface area contributed by atoms with Crippen LogP contribution >= 0.6 is 11.8 Å². The maximum Gasteiger partial charge on any atom is 0.418 e. The third-order valence-corrected chi connectivity index (χ3v) is 4.71. The Morgan fingerprint density at radius 1 is 1.35 bits per heavy atom. The number of fused-ring (bicyclic) bond motifs is 1. The molecule has 0 radical (unpaired) electrons. The standard InChI is InChI=1S/C17H16F3N3O2S/c1-9(2)13-12(16(25)22-23-6-7-26-8-23)15(24)10-4-3-5-11(14(10)21-13)17(18,19)20/h3-7,9H,8H2,1-2H3,(H,21,24)(H,22,25). The van der Waals surface area contributed by atoms with Gasteiger partial charge in [-0.05, 0) is 23.5 Å². The number of alkyl halides is 3. The van der Waals surface area contributed by atoms with E-state index in [9.17, 15) is 22.8 Å². The second kappa shape index (κ2) is 6.71. The first-order valence-corrected chi connectivity index (χ1v) is 8.87. The lowest BCUT2D eigenvalue weighted by Gasteiger charge is -2.19. The summed E-state index contributed by atoms with van der Waals surface area (Å²) in [5.41, 5.74) is 0.635. The van der Waals surface area contributed by atoms with Crippen molar-refractivity contribution in [2.45, 2.75) is 25.9 Å². The fourth-order valence-electron chi connectivity index (χ4n) is 2.76. The number of hydrogen-bond acceptors (Lipinski definition) is 4. The molecule has 0 unspecified atom stereocenters. The van der Waals surface area contributed by atoms with Crippen molar-refractivity contribution in [3.8, 4) is 0 Å². The van der Waals surface area contributed by atoms with Crippen LogP contribution in [0.25, 0.3) is 10.9 Å². The number of halogens is 3. The molecule has 3 rings (SSSR count). The van der Waals surface area contributed by atoms with E-state index in [1.165, 1.54) is 22.8 Å². The lowest BCUT2D eigenvalue weighted by Crippen LogP contribution is -2.40. The average molecular weight is 383 g/mol. The van der Waals surface area contributed by atoms with Crippen LogP contribution in [0, 0.1) is 0 Å². The van der Waals surface area contributed by atoms with E-state index in [1.807, 2.05) is 0 Å². The van der Waals surface area contributed by atoms with Crippen LogP contribution in [0.15, 0.2) is 34.6 Å². The molecule has 138 valence electrons. The van der Waals surface area contributed by atoms with Crippen LogP contribution in [0.3, 0.4) is 0 Å². The van der Waals surface area contributed by atoms with Crippen LogP contribution in [-0.2, 0) is 6.18 Å². The fraction of sp³-hybridized carbons (Fsp3) is 0.294. The van der Waals surface area contributed by atoms with E-state index in [1.54, 1.807) is 25.5 Å². The summed E-state index contributed by atoms with van der Waals surface area (Å²) in [6, 6.07) is 3.36. The molecule has 2 aromatic rings. The van der Waals surface area contributed by atoms with E-state index in [-0.39, 0.29) is 28.1 Å². The third kappa shape index (κ3) is 3.31. The van der Waals surface area contributed by atoms with Crippen LogP contribution in [0.2, 0.25) is 0 Å². The average Bonchev–Trinajstić information content (AvgIpc) is 3.05. The van der Waals surface area contributed by atoms with Crippen molar-refractivity contribution in [3.05, 3.63) is 56.9 Å². The van der Waals surface area contributed by atoms with Crippen LogP contribution in [0.5, 0.6) is 0 Å². The smallest absolute Gasteiger partial charge is 0.357 e. The second-order valence-corrected chi connectivity index (χ2v) is 6.98. The molecule has 2 N–H and O–H groups in total. The molecule has 0 aliphatic carbocycles. The number of amides is 1. The van der Waals surface area contributed by atoms with E-state index in [0.717, 1.165) is 12.1 Å². The number of rotatable bonds is 3. The summed E-state index contributed by atoms with van der Waals surface area (Å²) in [5.74, 6) is -0.508. The van der Waals surface area contributed by atoms with Gasteiger partial charge in [0.1, 0.15) is 5.56 Å². The maximum atomic E-state index is 13.3. The Labute approximate surface area is 151 Å². The third-order valence-electron chi connectivity index (χ3n) is 3.97. The van der Waals surface area contributed by atoms with Crippen LogP contribution in [0.1, 0.15) is 41.4 Å². The molecule has 1 aliphatic rings. The lowest BCUT2D eigenvalue weighted by atomic mass is 9.98. The van der Waals surface area contributed by atoms with E-state index < -0.39 is 23.1 Å². The summed E-state index contributed by atoms with van der Waals surface area (Å²) in [6.45, 7) is 3.41. The van der Waals surface area contributed by atoms with Gasteiger partial charge in [0, 0.05) is 17.3 Å². The quantitative estimate of drug-likeness (QED) is 0.846. The number of carbonyl (C=O) groups excluding carboxylic acids is 1. The summed E-state index contributed by atoms with van der Waals surface area (Å²) in [6.07, 6.45) is -2.97. The van der Waals surface area contributed by atoms with Crippen molar-refractivity contribution in [3.63, 3.8) is 0 Å². The van der Waals surface area contributed by atoms with Crippen LogP contribution in [0.4, 0.5) is 13.2 Å². The number of aromatic nitrogens is 1. The van der Waals surface area contributed by atoms with E-state index >= 15 is 0 Å². The molecule has 0 bridgehead atoms. The molecule has 1 aromatic heterocycles. The minimum atomic E-state index is -4.61. The van der Waals surface area contributed by atoms with Crippen LogP contribution in [-0.4, -0.2) is 21.8 Å². The first kappa shape index (κ1) is 18.4. The van der Waals surface area contributed by atoms with Gasteiger partial charge < -0.3 is 4.98 Å². The predicted octanol–water partition coefficient (Wildman–Crippen LogP) is 3.79. The summed E-state index contributed by atoms with van der Waals surface area (Å²) in [5, 5.41) is 3.12. The molecule has 0 atom stereocenters. The molecule has 0 spiro atoms. The molecule has 0 fully saturated rings. The van der Waals surface area contributed by atoms with Gasteiger partial charge >= 0.3 is 6.18 Å². The molecular formula is C17H16F3N3O2S. The van der Waals surface area contributed by atoms with Crippen molar-refractivity contribution >= 4 is 28.6 Å². The van der Waals surface area contributed by atoms with Crippen molar-refractivity contribution in [1.29, 1.82) is 0 Å². The Bertz CT molecular complexity index is 951. The molecule has 0 saturated carbocycles. The van der Waals surface area contributed by atoms with Gasteiger partial charge in [0.05, 0.1) is 17.0 Å². The monoisotopic (exact) mass is 383 g/mol. The first-order chi connectivity index (χ1) is 12.2. The predicted molar refractivity (Wildman–Crippen MR) is 94.6 cm³/mol. The number of H-pyrrole nitrogens is 1. The molecular weight excluding hydrogens is 367 g/mol. The van der Waals surface area contributed by atoms with Crippen LogP contribution < -0.4 is 10.9 Å². The van der Waals surface area contributed by atoms with E-state index in [4.69, 9.17) is 0 Å². The Balaban J connectivity index is 2.21. The summed E-state index contributed by atoms with van der Waals surface area (Å²) < 4.78 is 39.9. The Kier molecular flexibility index (Phi) is 4.74. The number of pyridine rings is 1. The fourth-order valence-corrected chi connectivity index (χ4v) is 3.39.